The van der Waals surface area contributed by atoms with Crippen LogP contribution in [0.15, 0.2) is 0 Å². The highest BCUT2D eigenvalue weighted by Gasteiger charge is 2.39. The smallest absolute Gasteiger partial charge is 0.330 e. The molecule has 1 aliphatic rings. The van der Waals surface area contributed by atoms with Gasteiger partial charge in [-0.2, -0.15) is 0 Å². The summed E-state index contributed by atoms with van der Waals surface area (Å²) in [6.45, 7) is 7.33. The number of rotatable bonds is 1. The maximum absolute atomic E-state index is 11.8. The van der Waals surface area contributed by atoms with Crippen LogP contribution in [0.1, 0.15) is 20.8 Å². The molecule has 1 rings (SSSR count). The number of carbonyl (C=O) groups excluding carboxylic acids is 1. The van der Waals surface area contributed by atoms with E-state index in [9.17, 15) is 4.79 Å². The van der Waals surface area contributed by atoms with E-state index in [4.69, 9.17) is 15.2 Å². The van der Waals surface area contributed by atoms with Crippen LogP contribution in [0.5, 0.6) is 0 Å². The third-order valence-electron chi connectivity index (χ3n) is 2.03. The molecule has 1 heterocycles. The number of esters is 1. The van der Waals surface area contributed by atoms with Crippen LogP contribution in [0, 0.1) is 0 Å². The molecule has 5 heteroatoms. The molecule has 0 saturated carbocycles. The second-order valence-electron chi connectivity index (χ2n) is 4.89. The van der Waals surface area contributed by atoms with Gasteiger partial charge < -0.3 is 20.5 Å². The van der Waals surface area contributed by atoms with Gasteiger partial charge in [-0.05, 0) is 20.8 Å². The Labute approximate surface area is 90.3 Å². The summed E-state index contributed by atoms with van der Waals surface area (Å²) in [5, 5.41) is 3.05. The van der Waals surface area contributed by atoms with E-state index in [2.05, 4.69) is 5.32 Å². The molecule has 1 aliphatic heterocycles. The third kappa shape index (κ3) is 3.77. The van der Waals surface area contributed by atoms with Gasteiger partial charge in [0.15, 0.2) is 5.54 Å². The van der Waals surface area contributed by atoms with Gasteiger partial charge in [0.1, 0.15) is 5.60 Å². The Hall–Kier alpha value is -0.650. The molecule has 0 aromatic rings. The van der Waals surface area contributed by atoms with Crippen molar-refractivity contribution >= 4 is 5.97 Å². The highest BCUT2D eigenvalue weighted by atomic mass is 16.6. The summed E-state index contributed by atoms with van der Waals surface area (Å²) < 4.78 is 10.5. The fraction of sp³-hybridized carbons (Fsp3) is 0.900. The zero-order valence-electron chi connectivity index (χ0n) is 9.63. The van der Waals surface area contributed by atoms with Crippen LogP contribution < -0.4 is 11.1 Å². The summed E-state index contributed by atoms with van der Waals surface area (Å²) in [6.07, 6.45) is 0. The van der Waals surface area contributed by atoms with Crippen LogP contribution in [-0.4, -0.2) is 43.4 Å². The Kier molecular flexibility index (Phi) is 3.70. The van der Waals surface area contributed by atoms with Crippen molar-refractivity contribution in [3.63, 3.8) is 0 Å². The molecule has 88 valence electrons. The largest absolute Gasteiger partial charge is 0.458 e. The maximum Gasteiger partial charge on any atom is 0.330 e. The van der Waals surface area contributed by atoms with E-state index in [0.29, 0.717) is 19.7 Å². The first-order valence-electron chi connectivity index (χ1n) is 5.14. The van der Waals surface area contributed by atoms with E-state index in [1.165, 1.54) is 0 Å². The zero-order valence-corrected chi connectivity index (χ0v) is 9.63. The van der Waals surface area contributed by atoms with Gasteiger partial charge in [0.2, 0.25) is 0 Å². The molecule has 0 radical (unpaired) electrons. The summed E-state index contributed by atoms with van der Waals surface area (Å²) in [4.78, 5) is 11.8. The second-order valence-corrected chi connectivity index (χ2v) is 4.89. The van der Waals surface area contributed by atoms with E-state index in [0.717, 1.165) is 0 Å². The summed E-state index contributed by atoms with van der Waals surface area (Å²) in [6, 6.07) is 0. The molecular formula is C10H20N2O3. The molecule has 5 nitrogen and oxygen atoms in total. The van der Waals surface area contributed by atoms with Gasteiger partial charge in [-0.3, -0.25) is 0 Å². The fourth-order valence-corrected chi connectivity index (χ4v) is 1.27. The van der Waals surface area contributed by atoms with Crippen molar-refractivity contribution in [3.05, 3.63) is 0 Å². The lowest BCUT2D eigenvalue weighted by Gasteiger charge is -2.29. The summed E-state index contributed by atoms with van der Waals surface area (Å²) >= 11 is 0. The normalized spacial score (nSPS) is 28.3. The van der Waals surface area contributed by atoms with Crippen molar-refractivity contribution < 1.29 is 14.3 Å². The quantitative estimate of drug-likeness (QED) is 0.586. The van der Waals surface area contributed by atoms with Crippen molar-refractivity contribution in [2.75, 3.05) is 26.3 Å². The molecule has 1 unspecified atom stereocenters. The predicted molar refractivity (Wildman–Crippen MR) is 56.5 cm³/mol. The van der Waals surface area contributed by atoms with Crippen molar-refractivity contribution in [2.24, 2.45) is 5.73 Å². The van der Waals surface area contributed by atoms with Crippen LogP contribution >= 0.6 is 0 Å². The minimum absolute atomic E-state index is 0.203. The standard InChI is InChI=1S/C10H20N2O3/c1-9(2,3)15-8(13)10(11)6-12-4-5-14-7-10/h12H,4-7,11H2,1-3H3. The Morgan fingerprint density at radius 1 is 1.53 bits per heavy atom. The average molecular weight is 216 g/mol. The fourth-order valence-electron chi connectivity index (χ4n) is 1.27. The van der Waals surface area contributed by atoms with Crippen LogP contribution in [-0.2, 0) is 14.3 Å². The van der Waals surface area contributed by atoms with Gasteiger partial charge in [0.25, 0.3) is 0 Å². The lowest BCUT2D eigenvalue weighted by Crippen LogP contribution is -2.59. The molecule has 1 fully saturated rings. The summed E-state index contributed by atoms with van der Waals surface area (Å²) in [5.41, 5.74) is 4.36. The highest BCUT2D eigenvalue weighted by Crippen LogP contribution is 2.13. The Morgan fingerprint density at radius 2 is 2.20 bits per heavy atom. The molecule has 0 amide bonds. The number of nitrogens with one attached hydrogen (secondary N) is 1. The molecule has 3 N–H and O–H groups in total. The van der Waals surface area contributed by atoms with Gasteiger partial charge in [0, 0.05) is 13.1 Å². The Bertz CT molecular complexity index is 227. The van der Waals surface area contributed by atoms with E-state index < -0.39 is 17.1 Å². The molecular weight excluding hydrogens is 196 g/mol. The number of nitrogens with two attached hydrogens (primary N) is 1. The molecule has 1 atom stereocenters. The van der Waals surface area contributed by atoms with Crippen molar-refractivity contribution in [3.8, 4) is 0 Å². The third-order valence-corrected chi connectivity index (χ3v) is 2.03. The van der Waals surface area contributed by atoms with Gasteiger partial charge in [-0.25, -0.2) is 4.79 Å². The van der Waals surface area contributed by atoms with Crippen LogP contribution in [0.25, 0.3) is 0 Å². The van der Waals surface area contributed by atoms with Crippen molar-refractivity contribution in [1.82, 2.24) is 5.32 Å². The van der Waals surface area contributed by atoms with Gasteiger partial charge in [0.05, 0.1) is 13.2 Å². The lowest BCUT2D eigenvalue weighted by atomic mass is 10.0. The van der Waals surface area contributed by atoms with Gasteiger partial charge >= 0.3 is 5.97 Å². The lowest BCUT2D eigenvalue weighted by molar-refractivity contribution is -0.163. The van der Waals surface area contributed by atoms with Gasteiger partial charge in [-0.1, -0.05) is 0 Å². The predicted octanol–water partition coefficient (Wildman–Crippen LogP) is -0.355. The highest BCUT2D eigenvalue weighted by molar-refractivity contribution is 5.81. The minimum Gasteiger partial charge on any atom is -0.458 e. The molecule has 0 aliphatic carbocycles. The number of ether oxygens (including phenoxy) is 2. The summed E-state index contributed by atoms with van der Waals surface area (Å²) in [5.74, 6) is -0.413. The maximum atomic E-state index is 11.8. The molecule has 0 spiro atoms. The van der Waals surface area contributed by atoms with Crippen molar-refractivity contribution in [1.29, 1.82) is 0 Å². The topological polar surface area (TPSA) is 73.6 Å². The Morgan fingerprint density at radius 3 is 2.80 bits per heavy atom. The van der Waals surface area contributed by atoms with E-state index >= 15 is 0 Å². The number of hydrogen-bond donors (Lipinski definition) is 2. The first-order valence-corrected chi connectivity index (χ1v) is 5.14. The summed E-state index contributed by atoms with van der Waals surface area (Å²) in [7, 11) is 0. The number of hydrogen-bond acceptors (Lipinski definition) is 5. The van der Waals surface area contributed by atoms with E-state index in [-0.39, 0.29) is 6.61 Å². The first-order chi connectivity index (χ1) is 6.83. The van der Waals surface area contributed by atoms with E-state index in [1.54, 1.807) is 0 Å². The molecule has 0 bridgehead atoms. The average Bonchev–Trinajstić information content (AvgIpc) is 2.28. The Balaban J connectivity index is 2.62. The monoisotopic (exact) mass is 216 g/mol. The zero-order chi connectivity index (χ0) is 11.5. The number of carbonyl (C=O) groups is 1. The molecule has 15 heavy (non-hydrogen) atoms. The van der Waals surface area contributed by atoms with E-state index in [1.807, 2.05) is 20.8 Å². The molecule has 0 aromatic heterocycles. The SMILES string of the molecule is CC(C)(C)OC(=O)C1(N)CNCCOC1. The van der Waals surface area contributed by atoms with Gasteiger partial charge in [-0.15, -0.1) is 0 Å². The molecule has 1 saturated heterocycles. The molecule has 0 aromatic carbocycles. The first kappa shape index (κ1) is 12.4. The van der Waals surface area contributed by atoms with Crippen molar-refractivity contribution in [2.45, 2.75) is 31.9 Å². The van der Waals surface area contributed by atoms with Crippen LogP contribution in [0.2, 0.25) is 0 Å². The second kappa shape index (κ2) is 4.47. The van der Waals surface area contributed by atoms with Crippen LogP contribution in [0.4, 0.5) is 0 Å². The minimum atomic E-state index is -1.07. The van der Waals surface area contributed by atoms with Crippen LogP contribution in [0.3, 0.4) is 0 Å².